The molecule has 0 spiro atoms. The second kappa shape index (κ2) is 8.79. The standard InChI is InChI=1S/C14H18F2N2O2.ClH/c15-14(16)20-12-6-2-1-4-10(12)9-18-13(19)11-5-3-7-17-8-11;/h1-2,4,6,11,14,17H,3,5,7-9H2,(H,18,19);1H/t11-;/m1./s1. The van der Waals surface area contributed by atoms with Crippen LogP contribution in [0.4, 0.5) is 8.78 Å². The summed E-state index contributed by atoms with van der Waals surface area (Å²) < 4.78 is 29.0. The van der Waals surface area contributed by atoms with Crippen molar-refractivity contribution in [3.05, 3.63) is 29.8 Å². The van der Waals surface area contributed by atoms with Crippen molar-refractivity contribution in [3.63, 3.8) is 0 Å². The van der Waals surface area contributed by atoms with Gasteiger partial charge in [-0.15, -0.1) is 12.4 Å². The first kappa shape index (κ1) is 17.7. The van der Waals surface area contributed by atoms with Crippen molar-refractivity contribution in [2.24, 2.45) is 5.92 Å². The van der Waals surface area contributed by atoms with E-state index in [2.05, 4.69) is 15.4 Å². The molecule has 2 rings (SSSR count). The quantitative estimate of drug-likeness (QED) is 0.875. The lowest BCUT2D eigenvalue weighted by molar-refractivity contribution is -0.125. The van der Waals surface area contributed by atoms with Crippen LogP contribution in [0.2, 0.25) is 0 Å². The van der Waals surface area contributed by atoms with E-state index < -0.39 is 6.61 Å². The average Bonchev–Trinajstić information content (AvgIpc) is 2.46. The van der Waals surface area contributed by atoms with Gasteiger partial charge in [-0.1, -0.05) is 18.2 Å². The van der Waals surface area contributed by atoms with Crippen LogP contribution in [0, 0.1) is 5.92 Å². The molecule has 0 aliphatic carbocycles. The van der Waals surface area contributed by atoms with Gasteiger partial charge in [-0.3, -0.25) is 4.79 Å². The van der Waals surface area contributed by atoms with Crippen molar-refractivity contribution < 1.29 is 18.3 Å². The van der Waals surface area contributed by atoms with Crippen molar-refractivity contribution >= 4 is 18.3 Å². The van der Waals surface area contributed by atoms with Gasteiger partial charge in [0.05, 0.1) is 5.92 Å². The number of benzene rings is 1. The zero-order valence-electron chi connectivity index (χ0n) is 11.5. The van der Waals surface area contributed by atoms with E-state index in [1.54, 1.807) is 18.2 Å². The lowest BCUT2D eigenvalue weighted by atomic mass is 9.99. The Bertz CT molecular complexity index is 454. The SMILES string of the molecule is Cl.O=C(NCc1ccccc1OC(F)F)[C@@H]1CCCNC1. The number of hydrogen-bond donors (Lipinski definition) is 2. The van der Waals surface area contributed by atoms with Gasteiger partial charge in [0.1, 0.15) is 5.75 Å². The number of ether oxygens (including phenoxy) is 1. The molecule has 1 amide bonds. The molecule has 1 fully saturated rings. The molecule has 1 aromatic rings. The summed E-state index contributed by atoms with van der Waals surface area (Å²) in [7, 11) is 0. The number of para-hydroxylation sites is 1. The van der Waals surface area contributed by atoms with Crippen LogP contribution in [0.5, 0.6) is 5.75 Å². The normalized spacial score (nSPS) is 18.0. The fourth-order valence-electron chi connectivity index (χ4n) is 2.26. The van der Waals surface area contributed by atoms with Gasteiger partial charge >= 0.3 is 6.61 Å². The van der Waals surface area contributed by atoms with Gasteiger partial charge in [-0.05, 0) is 25.5 Å². The molecule has 21 heavy (non-hydrogen) atoms. The summed E-state index contributed by atoms with van der Waals surface area (Å²) in [6, 6.07) is 6.48. The molecule has 1 heterocycles. The summed E-state index contributed by atoms with van der Waals surface area (Å²) in [5.74, 6) is 0.000508. The number of rotatable bonds is 5. The number of hydrogen-bond acceptors (Lipinski definition) is 3. The summed E-state index contributed by atoms with van der Waals surface area (Å²) >= 11 is 0. The third-order valence-electron chi connectivity index (χ3n) is 3.31. The largest absolute Gasteiger partial charge is 0.434 e. The Morgan fingerprint density at radius 3 is 2.86 bits per heavy atom. The van der Waals surface area contributed by atoms with Crippen LogP contribution in [0.3, 0.4) is 0 Å². The van der Waals surface area contributed by atoms with Crippen LogP contribution in [0.15, 0.2) is 24.3 Å². The van der Waals surface area contributed by atoms with Gasteiger partial charge in [0.2, 0.25) is 5.91 Å². The molecule has 0 radical (unpaired) electrons. The van der Waals surface area contributed by atoms with Crippen molar-refractivity contribution in [1.82, 2.24) is 10.6 Å². The first-order chi connectivity index (χ1) is 9.66. The second-order valence-electron chi connectivity index (χ2n) is 4.75. The maximum Gasteiger partial charge on any atom is 0.387 e. The van der Waals surface area contributed by atoms with E-state index in [0.29, 0.717) is 12.1 Å². The van der Waals surface area contributed by atoms with E-state index in [9.17, 15) is 13.6 Å². The van der Waals surface area contributed by atoms with Gasteiger partial charge in [-0.2, -0.15) is 8.78 Å². The smallest absolute Gasteiger partial charge is 0.387 e. The van der Waals surface area contributed by atoms with Crippen LogP contribution >= 0.6 is 12.4 Å². The van der Waals surface area contributed by atoms with Crippen molar-refractivity contribution in [2.75, 3.05) is 13.1 Å². The van der Waals surface area contributed by atoms with E-state index in [4.69, 9.17) is 0 Å². The molecule has 1 saturated heterocycles. The molecular weight excluding hydrogens is 302 g/mol. The number of carbonyl (C=O) groups is 1. The predicted molar refractivity (Wildman–Crippen MR) is 77.8 cm³/mol. The third-order valence-corrected chi connectivity index (χ3v) is 3.31. The molecule has 118 valence electrons. The van der Waals surface area contributed by atoms with E-state index >= 15 is 0 Å². The van der Waals surface area contributed by atoms with Gasteiger partial charge in [0.15, 0.2) is 0 Å². The van der Waals surface area contributed by atoms with E-state index in [-0.39, 0.29) is 36.5 Å². The first-order valence-corrected chi connectivity index (χ1v) is 6.68. The molecule has 1 aliphatic heterocycles. The monoisotopic (exact) mass is 320 g/mol. The highest BCUT2D eigenvalue weighted by Gasteiger charge is 2.20. The minimum absolute atomic E-state index is 0. The number of halogens is 3. The molecular formula is C14H19ClF2N2O2. The molecule has 4 nitrogen and oxygen atoms in total. The lowest BCUT2D eigenvalue weighted by Crippen LogP contribution is -2.40. The topological polar surface area (TPSA) is 50.4 Å². The van der Waals surface area contributed by atoms with Crippen molar-refractivity contribution in [1.29, 1.82) is 0 Å². The number of nitrogens with one attached hydrogen (secondary N) is 2. The van der Waals surface area contributed by atoms with Gasteiger partial charge < -0.3 is 15.4 Å². The number of alkyl halides is 2. The predicted octanol–water partition coefficient (Wildman–Crippen LogP) is 2.33. The van der Waals surface area contributed by atoms with E-state index in [1.807, 2.05) is 0 Å². The first-order valence-electron chi connectivity index (χ1n) is 6.68. The summed E-state index contributed by atoms with van der Waals surface area (Å²) in [4.78, 5) is 12.0. The Labute approximate surface area is 128 Å². The minimum Gasteiger partial charge on any atom is -0.434 e. The summed E-state index contributed by atoms with van der Waals surface area (Å²) in [5.41, 5.74) is 0.546. The fourth-order valence-corrected chi connectivity index (χ4v) is 2.26. The Morgan fingerprint density at radius 2 is 2.19 bits per heavy atom. The third kappa shape index (κ3) is 5.47. The Morgan fingerprint density at radius 1 is 1.43 bits per heavy atom. The average molecular weight is 321 g/mol. The number of carbonyl (C=O) groups excluding carboxylic acids is 1. The molecule has 1 atom stereocenters. The molecule has 2 N–H and O–H groups in total. The molecule has 0 unspecified atom stereocenters. The zero-order chi connectivity index (χ0) is 14.4. The maximum absolute atomic E-state index is 12.3. The zero-order valence-corrected chi connectivity index (χ0v) is 12.3. The highest BCUT2D eigenvalue weighted by molar-refractivity contribution is 5.85. The molecule has 0 aromatic heterocycles. The van der Waals surface area contributed by atoms with Crippen molar-refractivity contribution in [2.45, 2.75) is 26.0 Å². The van der Waals surface area contributed by atoms with Crippen molar-refractivity contribution in [3.8, 4) is 5.75 Å². The summed E-state index contributed by atoms with van der Waals surface area (Å²) in [5, 5.41) is 5.95. The molecule has 0 saturated carbocycles. The van der Waals surface area contributed by atoms with Crippen LogP contribution in [0.25, 0.3) is 0 Å². The molecule has 1 aromatic carbocycles. The van der Waals surface area contributed by atoms with Gasteiger partial charge in [-0.25, -0.2) is 0 Å². The summed E-state index contributed by atoms with van der Waals surface area (Å²) in [6.45, 7) is -1.07. The van der Waals surface area contributed by atoms with Crippen LogP contribution in [-0.4, -0.2) is 25.6 Å². The lowest BCUT2D eigenvalue weighted by Gasteiger charge is -2.22. The molecule has 0 bridgehead atoms. The number of amides is 1. The van der Waals surface area contributed by atoms with Crippen LogP contribution < -0.4 is 15.4 Å². The number of piperidine rings is 1. The van der Waals surface area contributed by atoms with Crippen LogP contribution in [-0.2, 0) is 11.3 Å². The Balaban J connectivity index is 0.00000220. The minimum atomic E-state index is -2.87. The van der Waals surface area contributed by atoms with Crippen LogP contribution in [0.1, 0.15) is 18.4 Å². The van der Waals surface area contributed by atoms with E-state index in [0.717, 1.165) is 19.4 Å². The van der Waals surface area contributed by atoms with Gasteiger partial charge in [0, 0.05) is 18.7 Å². The fraction of sp³-hybridized carbons (Fsp3) is 0.500. The Kier molecular flexibility index (Phi) is 7.39. The summed E-state index contributed by atoms with van der Waals surface area (Å²) in [6.07, 6.45) is 1.83. The van der Waals surface area contributed by atoms with E-state index in [1.165, 1.54) is 6.07 Å². The second-order valence-corrected chi connectivity index (χ2v) is 4.75. The van der Waals surface area contributed by atoms with Gasteiger partial charge in [0.25, 0.3) is 0 Å². The molecule has 7 heteroatoms. The Hall–Kier alpha value is -1.40. The highest BCUT2D eigenvalue weighted by atomic mass is 35.5. The highest BCUT2D eigenvalue weighted by Crippen LogP contribution is 2.20. The maximum atomic E-state index is 12.3. The molecule has 1 aliphatic rings.